The molecule has 0 heterocycles. The molecule has 0 saturated heterocycles. The molecular formula is C10H13NO2. The summed E-state index contributed by atoms with van der Waals surface area (Å²) in [5.41, 5.74) is 0. The van der Waals surface area contributed by atoms with Crippen molar-refractivity contribution < 1.29 is 9.53 Å². The van der Waals surface area contributed by atoms with Gasteiger partial charge in [-0.2, -0.15) is 5.26 Å². The van der Waals surface area contributed by atoms with E-state index in [4.69, 9.17) is 5.26 Å². The first-order valence-electron chi connectivity index (χ1n) is 4.01. The molecule has 0 aromatic rings. The zero-order valence-corrected chi connectivity index (χ0v) is 7.69. The zero-order valence-electron chi connectivity index (χ0n) is 7.69. The van der Waals surface area contributed by atoms with Crippen LogP contribution < -0.4 is 0 Å². The highest BCUT2D eigenvalue weighted by Gasteiger charge is 2.16. The average Bonchev–Trinajstić information content (AvgIpc) is 2.17. The molecule has 0 aliphatic carbocycles. The largest absolute Gasteiger partial charge is 0.468 e. The molecule has 3 heteroatoms. The number of nitrogens with zero attached hydrogens (tertiary/aromatic N) is 1. The third-order valence-corrected chi connectivity index (χ3v) is 1.54. The Balaban J connectivity index is 3.87. The van der Waals surface area contributed by atoms with Gasteiger partial charge in [-0.1, -0.05) is 24.8 Å². The standard InChI is InChI=1S/C10H13NO2/c1-3-4-5-6-7-9(8-11)10(12)13-2/h3-5,9H,1,6-7H2,2H3/b5-4+. The van der Waals surface area contributed by atoms with Gasteiger partial charge in [0.05, 0.1) is 13.2 Å². The quantitative estimate of drug-likeness (QED) is 0.477. The van der Waals surface area contributed by atoms with Crippen LogP contribution in [-0.4, -0.2) is 13.1 Å². The van der Waals surface area contributed by atoms with Crippen molar-refractivity contribution in [2.24, 2.45) is 5.92 Å². The summed E-state index contributed by atoms with van der Waals surface area (Å²) in [4.78, 5) is 10.9. The van der Waals surface area contributed by atoms with Crippen LogP contribution in [0, 0.1) is 17.2 Å². The van der Waals surface area contributed by atoms with Crippen LogP contribution in [0.5, 0.6) is 0 Å². The van der Waals surface area contributed by atoms with E-state index in [0.717, 1.165) is 0 Å². The number of hydrogen-bond acceptors (Lipinski definition) is 3. The van der Waals surface area contributed by atoms with Crippen LogP contribution in [0.4, 0.5) is 0 Å². The smallest absolute Gasteiger partial charge is 0.323 e. The minimum atomic E-state index is -0.653. The molecule has 1 atom stereocenters. The van der Waals surface area contributed by atoms with E-state index in [-0.39, 0.29) is 0 Å². The van der Waals surface area contributed by atoms with Gasteiger partial charge in [-0.3, -0.25) is 4.79 Å². The number of rotatable bonds is 5. The number of ether oxygens (including phenoxy) is 1. The second-order valence-electron chi connectivity index (χ2n) is 2.45. The van der Waals surface area contributed by atoms with Crippen molar-refractivity contribution in [2.45, 2.75) is 12.8 Å². The van der Waals surface area contributed by atoms with Crippen molar-refractivity contribution >= 4 is 5.97 Å². The van der Waals surface area contributed by atoms with Crippen LogP contribution in [-0.2, 0) is 9.53 Å². The van der Waals surface area contributed by atoms with Crippen molar-refractivity contribution in [3.63, 3.8) is 0 Å². The Kier molecular flexibility index (Phi) is 6.26. The summed E-state index contributed by atoms with van der Waals surface area (Å²) in [5, 5.41) is 8.59. The number of allylic oxidation sites excluding steroid dienone is 3. The highest BCUT2D eigenvalue weighted by Crippen LogP contribution is 2.07. The molecule has 0 aliphatic heterocycles. The van der Waals surface area contributed by atoms with Gasteiger partial charge in [0.1, 0.15) is 5.92 Å². The summed E-state index contributed by atoms with van der Waals surface area (Å²) in [7, 11) is 1.28. The molecule has 0 amide bonds. The van der Waals surface area contributed by atoms with Crippen molar-refractivity contribution in [1.82, 2.24) is 0 Å². The summed E-state index contributed by atoms with van der Waals surface area (Å²) >= 11 is 0. The Bertz CT molecular complexity index is 238. The summed E-state index contributed by atoms with van der Waals surface area (Å²) in [6.07, 6.45) is 6.47. The molecule has 0 N–H and O–H groups in total. The lowest BCUT2D eigenvalue weighted by Gasteiger charge is -2.03. The van der Waals surface area contributed by atoms with Gasteiger partial charge in [-0.15, -0.1) is 0 Å². The van der Waals surface area contributed by atoms with Crippen LogP contribution in [0.1, 0.15) is 12.8 Å². The average molecular weight is 179 g/mol. The van der Waals surface area contributed by atoms with Gasteiger partial charge >= 0.3 is 5.97 Å². The van der Waals surface area contributed by atoms with Gasteiger partial charge in [-0.05, 0) is 12.8 Å². The normalized spacial score (nSPS) is 12.0. The Morgan fingerprint density at radius 1 is 1.77 bits per heavy atom. The van der Waals surface area contributed by atoms with Crippen LogP contribution >= 0.6 is 0 Å². The van der Waals surface area contributed by atoms with E-state index in [0.29, 0.717) is 12.8 Å². The van der Waals surface area contributed by atoms with Crippen molar-refractivity contribution in [3.8, 4) is 6.07 Å². The lowest BCUT2D eigenvalue weighted by molar-refractivity contribution is -0.143. The molecular weight excluding hydrogens is 166 g/mol. The monoisotopic (exact) mass is 179 g/mol. The van der Waals surface area contributed by atoms with E-state index in [2.05, 4.69) is 11.3 Å². The van der Waals surface area contributed by atoms with Gasteiger partial charge < -0.3 is 4.74 Å². The number of nitriles is 1. The lowest BCUT2D eigenvalue weighted by atomic mass is 10.1. The Morgan fingerprint density at radius 3 is 2.92 bits per heavy atom. The topological polar surface area (TPSA) is 50.1 Å². The Hall–Kier alpha value is -1.56. The summed E-state index contributed by atoms with van der Waals surface area (Å²) < 4.78 is 4.45. The van der Waals surface area contributed by atoms with E-state index < -0.39 is 11.9 Å². The van der Waals surface area contributed by atoms with E-state index in [1.807, 2.05) is 12.1 Å². The maximum absolute atomic E-state index is 10.9. The van der Waals surface area contributed by atoms with E-state index in [1.165, 1.54) is 7.11 Å². The number of esters is 1. The summed E-state index contributed by atoms with van der Waals surface area (Å²) in [6, 6.07) is 1.90. The lowest BCUT2D eigenvalue weighted by Crippen LogP contribution is -2.13. The van der Waals surface area contributed by atoms with Crippen molar-refractivity contribution in [1.29, 1.82) is 5.26 Å². The van der Waals surface area contributed by atoms with Gasteiger partial charge in [0, 0.05) is 0 Å². The fraction of sp³-hybridized carbons (Fsp3) is 0.400. The highest BCUT2D eigenvalue weighted by molar-refractivity contribution is 5.74. The molecule has 0 aromatic heterocycles. The molecule has 0 bridgehead atoms. The van der Waals surface area contributed by atoms with Gasteiger partial charge in [0.15, 0.2) is 0 Å². The number of hydrogen-bond donors (Lipinski definition) is 0. The summed E-state index contributed by atoms with van der Waals surface area (Å²) in [6.45, 7) is 3.51. The Morgan fingerprint density at radius 2 is 2.46 bits per heavy atom. The van der Waals surface area contributed by atoms with E-state index in [9.17, 15) is 4.79 Å². The molecule has 0 aromatic carbocycles. The van der Waals surface area contributed by atoms with Crippen LogP contribution in [0.3, 0.4) is 0 Å². The minimum absolute atomic E-state index is 0.463. The van der Waals surface area contributed by atoms with E-state index >= 15 is 0 Å². The number of carbonyl (C=O) groups excluding carboxylic acids is 1. The second-order valence-corrected chi connectivity index (χ2v) is 2.45. The molecule has 0 saturated carbocycles. The first kappa shape index (κ1) is 11.4. The molecule has 70 valence electrons. The molecule has 0 radical (unpaired) electrons. The van der Waals surface area contributed by atoms with Crippen LogP contribution in [0.2, 0.25) is 0 Å². The number of carbonyl (C=O) groups is 1. The molecule has 0 spiro atoms. The minimum Gasteiger partial charge on any atom is -0.468 e. The van der Waals surface area contributed by atoms with E-state index in [1.54, 1.807) is 12.2 Å². The second kappa shape index (κ2) is 7.11. The molecule has 13 heavy (non-hydrogen) atoms. The maximum atomic E-state index is 10.9. The molecule has 1 unspecified atom stereocenters. The molecule has 0 aliphatic rings. The first-order valence-corrected chi connectivity index (χ1v) is 4.01. The molecule has 0 rings (SSSR count). The van der Waals surface area contributed by atoms with Crippen LogP contribution in [0.25, 0.3) is 0 Å². The SMILES string of the molecule is C=C/C=C/CCC(C#N)C(=O)OC. The number of methoxy groups -OCH3 is 1. The summed E-state index contributed by atoms with van der Waals surface area (Å²) in [5.74, 6) is -1.12. The highest BCUT2D eigenvalue weighted by atomic mass is 16.5. The Labute approximate surface area is 78.3 Å². The predicted octanol–water partition coefficient (Wildman–Crippen LogP) is 1.82. The fourth-order valence-electron chi connectivity index (χ4n) is 0.833. The molecule has 3 nitrogen and oxygen atoms in total. The van der Waals surface area contributed by atoms with Crippen molar-refractivity contribution in [2.75, 3.05) is 7.11 Å². The first-order chi connectivity index (χ1) is 6.26. The zero-order chi connectivity index (χ0) is 10.1. The van der Waals surface area contributed by atoms with Gasteiger partial charge in [0.25, 0.3) is 0 Å². The maximum Gasteiger partial charge on any atom is 0.323 e. The third-order valence-electron chi connectivity index (χ3n) is 1.54. The third kappa shape index (κ3) is 4.81. The van der Waals surface area contributed by atoms with Crippen LogP contribution in [0.15, 0.2) is 24.8 Å². The van der Waals surface area contributed by atoms with Crippen molar-refractivity contribution in [3.05, 3.63) is 24.8 Å². The predicted molar refractivity (Wildman–Crippen MR) is 49.7 cm³/mol. The molecule has 0 fully saturated rings. The van der Waals surface area contributed by atoms with Gasteiger partial charge in [0.2, 0.25) is 0 Å². The fourth-order valence-corrected chi connectivity index (χ4v) is 0.833. The van der Waals surface area contributed by atoms with Gasteiger partial charge in [-0.25, -0.2) is 0 Å².